The predicted molar refractivity (Wildman–Crippen MR) is 102 cm³/mol. The fourth-order valence-corrected chi connectivity index (χ4v) is 5.69. The van der Waals surface area contributed by atoms with E-state index in [1.807, 2.05) is 0 Å². The first kappa shape index (κ1) is 15.9. The second-order valence-corrected chi connectivity index (χ2v) is 8.52. The highest BCUT2D eigenvalue weighted by Gasteiger charge is 2.23. The molecule has 0 spiro atoms. The van der Waals surface area contributed by atoms with Crippen LogP contribution in [0.1, 0.15) is 28.0 Å². The highest BCUT2D eigenvalue weighted by Crippen LogP contribution is 2.41. The lowest BCUT2D eigenvalue weighted by Gasteiger charge is -2.08. The van der Waals surface area contributed by atoms with Crippen LogP contribution in [0.4, 0.5) is 0 Å². The van der Waals surface area contributed by atoms with Gasteiger partial charge in [0.15, 0.2) is 0 Å². The molecule has 1 aliphatic rings. The number of hydrogen-bond acceptors (Lipinski definition) is 7. The molecule has 0 fully saturated rings. The summed E-state index contributed by atoms with van der Waals surface area (Å²) in [6, 6.07) is 6.27. The van der Waals surface area contributed by atoms with Gasteiger partial charge in [0, 0.05) is 10.3 Å². The first-order chi connectivity index (χ1) is 12.7. The summed E-state index contributed by atoms with van der Waals surface area (Å²) in [7, 11) is 0. The van der Waals surface area contributed by atoms with Gasteiger partial charge in [-0.25, -0.2) is 9.97 Å². The van der Waals surface area contributed by atoms with Gasteiger partial charge in [0.25, 0.3) is 0 Å². The van der Waals surface area contributed by atoms with Crippen molar-refractivity contribution in [2.45, 2.75) is 43.3 Å². The topological polar surface area (TPSA) is 69.4 Å². The minimum absolute atomic E-state index is 0.718. The van der Waals surface area contributed by atoms with Crippen LogP contribution >= 0.6 is 23.1 Å². The third-order valence-corrected chi connectivity index (χ3v) is 6.82. The number of hydrogen-bond donors (Lipinski definition) is 0. The average Bonchev–Trinajstić information content (AvgIpc) is 3.31. The highest BCUT2D eigenvalue weighted by atomic mass is 32.2. The number of nitrogens with zero attached hydrogens (tertiary/aromatic N) is 6. The maximum atomic E-state index is 4.55. The Hall–Kier alpha value is -2.32. The van der Waals surface area contributed by atoms with Crippen molar-refractivity contribution in [1.82, 2.24) is 30.2 Å². The lowest BCUT2D eigenvalue weighted by molar-refractivity contribution is 0.751. The highest BCUT2D eigenvalue weighted by molar-refractivity contribution is 7.99. The molecule has 5 rings (SSSR count). The summed E-state index contributed by atoms with van der Waals surface area (Å²) >= 11 is 3.31. The fourth-order valence-electron chi connectivity index (χ4n) is 3.50. The van der Waals surface area contributed by atoms with Gasteiger partial charge in [-0.05, 0) is 72.5 Å². The summed E-state index contributed by atoms with van der Waals surface area (Å²) in [5.41, 5.74) is 4.77. The Balaban J connectivity index is 1.60. The molecule has 6 nitrogen and oxygen atoms in total. The quantitative estimate of drug-likeness (QED) is 0.502. The molecule has 0 atom stereocenters. The van der Waals surface area contributed by atoms with E-state index in [1.165, 1.54) is 39.6 Å². The van der Waals surface area contributed by atoms with Crippen LogP contribution in [-0.4, -0.2) is 30.2 Å². The van der Waals surface area contributed by atoms with Crippen molar-refractivity contribution in [3.05, 3.63) is 46.1 Å². The summed E-state index contributed by atoms with van der Waals surface area (Å²) in [6.45, 7) is 4.16. The number of aromatic nitrogens is 6. The van der Waals surface area contributed by atoms with Crippen molar-refractivity contribution in [2.75, 3.05) is 0 Å². The lowest BCUT2D eigenvalue weighted by atomic mass is 10.1. The van der Waals surface area contributed by atoms with Gasteiger partial charge >= 0.3 is 0 Å². The number of thiophene rings is 1. The Morgan fingerprint density at radius 2 is 2.08 bits per heavy atom. The van der Waals surface area contributed by atoms with E-state index in [0.717, 1.165) is 39.1 Å². The monoisotopic (exact) mass is 380 g/mol. The number of tetrazole rings is 1. The number of fused-ring (bicyclic) bond motifs is 3. The molecule has 0 radical (unpaired) electrons. The third kappa shape index (κ3) is 2.52. The normalized spacial score (nSPS) is 13.5. The average molecular weight is 381 g/mol. The largest absolute Gasteiger partial charge is 0.229 e. The molecule has 0 saturated carbocycles. The minimum Gasteiger partial charge on any atom is -0.229 e. The molecule has 4 aromatic rings. The van der Waals surface area contributed by atoms with Crippen LogP contribution in [0.5, 0.6) is 0 Å². The molecule has 0 unspecified atom stereocenters. The van der Waals surface area contributed by atoms with Crippen LogP contribution in [0, 0.1) is 13.8 Å². The Morgan fingerprint density at radius 1 is 1.15 bits per heavy atom. The van der Waals surface area contributed by atoms with Crippen LogP contribution in [0.25, 0.3) is 15.9 Å². The van der Waals surface area contributed by atoms with Crippen molar-refractivity contribution in [2.24, 2.45) is 0 Å². The van der Waals surface area contributed by atoms with Gasteiger partial charge in [-0.1, -0.05) is 17.7 Å². The van der Waals surface area contributed by atoms with Gasteiger partial charge in [-0.3, -0.25) is 0 Å². The van der Waals surface area contributed by atoms with Gasteiger partial charge in [0.1, 0.15) is 16.2 Å². The zero-order valence-corrected chi connectivity index (χ0v) is 16.1. The Morgan fingerprint density at radius 3 is 2.96 bits per heavy atom. The van der Waals surface area contributed by atoms with Crippen LogP contribution in [0.15, 0.2) is 34.7 Å². The van der Waals surface area contributed by atoms with Crippen molar-refractivity contribution in [3.63, 3.8) is 0 Å². The second-order valence-electron chi connectivity index (χ2n) is 6.48. The Bertz CT molecular complexity index is 1130. The van der Waals surface area contributed by atoms with Crippen molar-refractivity contribution < 1.29 is 0 Å². The van der Waals surface area contributed by atoms with Crippen LogP contribution in [0.2, 0.25) is 0 Å². The van der Waals surface area contributed by atoms with E-state index in [0.29, 0.717) is 0 Å². The lowest BCUT2D eigenvalue weighted by Crippen LogP contribution is -2.02. The summed E-state index contributed by atoms with van der Waals surface area (Å²) in [4.78, 5) is 11.5. The van der Waals surface area contributed by atoms with E-state index in [-0.39, 0.29) is 0 Å². The molecule has 1 aliphatic carbocycles. The van der Waals surface area contributed by atoms with Crippen LogP contribution < -0.4 is 0 Å². The van der Waals surface area contributed by atoms with Gasteiger partial charge in [0.2, 0.25) is 5.16 Å². The maximum Gasteiger partial charge on any atom is 0.220 e. The molecule has 0 amide bonds. The number of rotatable bonds is 3. The van der Waals surface area contributed by atoms with Gasteiger partial charge in [-0.15, -0.1) is 16.4 Å². The first-order valence-electron chi connectivity index (χ1n) is 8.50. The van der Waals surface area contributed by atoms with E-state index in [4.69, 9.17) is 0 Å². The molecule has 8 heteroatoms. The zero-order valence-electron chi connectivity index (χ0n) is 14.4. The summed E-state index contributed by atoms with van der Waals surface area (Å²) in [5.74, 6) is 0. The van der Waals surface area contributed by atoms with Crippen molar-refractivity contribution >= 4 is 33.3 Å². The smallest absolute Gasteiger partial charge is 0.220 e. The Labute approximate surface area is 158 Å². The molecule has 0 bridgehead atoms. The van der Waals surface area contributed by atoms with E-state index in [1.54, 1.807) is 22.3 Å². The van der Waals surface area contributed by atoms with E-state index < -0.39 is 0 Å². The van der Waals surface area contributed by atoms with Gasteiger partial charge in [0.05, 0.1) is 5.69 Å². The van der Waals surface area contributed by atoms with Crippen molar-refractivity contribution in [3.8, 4) is 5.69 Å². The number of benzene rings is 1. The predicted octanol–water partition coefficient (Wildman–Crippen LogP) is 3.92. The zero-order chi connectivity index (χ0) is 17.7. The molecule has 0 N–H and O–H groups in total. The first-order valence-corrected chi connectivity index (χ1v) is 10.1. The fraction of sp³-hybridized carbons (Fsp3) is 0.278. The minimum atomic E-state index is 0.718. The summed E-state index contributed by atoms with van der Waals surface area (Å²) in [5, 5.41) is 15.2. The standard InChI is InChI=1S/C18H16N6S2/c1-10-6-7-13(11(2)8-10)24-18(21-22-23-24)26-17-15-12-4-3-5-14(12)25-16(15)19-9-20-17/h6-9H,3-5H2,1-2H3. The number of aryl methyl sites for hydroxylation is 4. The molecular formula is C18H16N6S2. The summed E-state index contributed by atoms with van der Waals surface area (Å²) in [6.07, 6.45) is 5.12. The molecule has 0 aliphatic heterocycles. The van der Waals surface area contributed by atoms with E-state index >= 15 is 0 Å². The molecule has 3 aromatic heterocycles. The SMILES string of the molecule is Cc1ccc(-n2nnnc2Sc2ncnc3sc4c(c23)CCC4)c(C)c1. The van der Waals surface area contributed by atoms with Crippen LogP contribution in [-0.2, 0) is 12.8 Å². The molecule has 1 aromatic carbocycles. The summed E-state index contributed by atoms with van der Waals surface area (Å²) < 4.78 is 1.79. The molecule has 26 heavy (non-hydrogen) atoms. The molecule has 3 heterocycles. The Kier molecular flexibility index (Phi) is 3.75. The molecule has 0 saturated heterocycles. The van der Waals surface area contributed by atoms with Gasteiger partial charge in [-0.2, -0.15) is 4.68 Å². The van der Waals surface area contributed by atoms with Crippen molar-refractivity contribution in [1.29, 1.82) is 0 Å². The van der Waals surface area contributed by atoms with E-state index in [9.17, 15) is 0 Å². The molecule has 130 valence electrons. The maximum absolute atomic E-state index is 4.55. The molecular weight excluding hydrogens is 364 g/mol. The van der Waals surface area contributed by atoms with Crippen LogP contribution in [0.3, 0.4) is 0 Å². The van der Waals surface area contributed by atoms with E-state index in [2.05, 4.69) is 57.5 Å². The van der Waals surface area contributed by atoms with Gasteiger partial charge < -0.3 is 0 Å². The second kappa shape index (κ2) is 6.14. The third-order valence-electron chi connectivity index (χ3n) is 4.68.